The molecule has 4 rings (SSSR count). The van der Waals surface area contributed by atoms with Crippen molar-refractivity contribution in [2.45, 2.75) is 83.3 Å². The van der Waals surface area contributed by atoms with Gasteiger partial charge in [0.15, 0.2) is 0 Å². The van der Waals surface area contributed by atoms with Crippen molar-refractivity contribution < 1.29 is 19.1 Å². The highest BCUT2D eigenvalue weighted by molar-refractivity contribution is 5.99. The maximum Gasteiger partial charge on any atom is 0.326 e. The van der Waals surface area contributed by atoms with Gasteiger partial charge in [0.25, 0.3) is 5.91 Å². The molecule has 0 bridgehead atoms. The molecule has 0 spiro atoms. The summed E-state index contributed by atoms with van der Waals surface area (Å²) in [5.41, 5.74) is 0.684. The number of carboxylic acids is 1. The summed E-state index contributed by atoms with van der Waals surface area (Å²) in [5, 5.41) is 15.6. The van der Waals surface area contributed by atoms with Crippen LogP contribution >= 0.6 is 12.4 Å². The normalized spacial score (nSPS) is 14.6. The van der Waals surface area contributed by atoms with Crippen LogP contribution in [0.1, 0.15) is 80.8 Å². The molecule has 39 heavy (non-hydrogen) atoms. The van der Waals surface area contributed by atoms with E-state index >= 15 is 4.39 Å². The second kappa shape index (κ2) is 13.6. The van der Waals surface area contributed by atoms with Crippen LogP contribution in [-0.2, 0) is 11.2 Å². The molecule has 0 saturated heterocycles. The Balaban J connectivity index is 0.00000420. The van der Waals surface area contributed by atoms with Gasteiger partial charge in [-0.25, -0.2) is 9.18 Å². The molecule has 1 atom stereocenters. The molecule has 0 unspecified atom stereocenters. The van der Waals surface area contributed by atoms with Crippen molar-refractivity contribution in [3.8, 4) is 0 Å². The number of halogens is 2. The van der Waals surface area contributed by atoms with E-state index in [1.807, 2.05) is 18.4 Å². The molecule has 1 amide bonds. The van der Waals surface area contributed by atoms with Gasteiger partial charge >= 0.3 is 5.97 Å². The van der Waals surface area contributed by atoms with Crippen LogP contribution in [0.5, 0.6) is 0 Å². The molecule has 8 nitrogen and oxygen atoms in total. The molecule has 0 aliphatic heterocycles. The number of nitrogens with one attached hydrogen (secondary N) is 2. The summed E-state index contributed by atoms with van der Waals surface area (Å²) in [6, 6.07) is 5.14. The van der Waals surface area contributed by atoms with Crippen molar-refractivity contribution in [3.63, 3.8) is 0 Å². The predicted octanol–water partition coefficient (Wildman–Crippen LogP) is 5.49. The molecular formula is C29H36ClFN4O4. The lowest BCUT2D eigenvalue weighted by molar-refractivity contribution is -0.139. The Morgan fingerprint density at radius 1 is 1.18 bits per heavy atom. The van der Waals surface area contributed by atoms with E-state index in [0.717, 1.165) is 38.5 Å². The molecule has 1 saturated carbocycles. The third-order valence-electron chi connectivity index (χ3n) is 7.43. The minimum Gasteiger partial charge on any atom is -0.480 e. The highest BCUT2D eigenvalue weighted by Gasteiger charge is 2.26. The first kappa shape index (κ1) is 30.1. The van der Waals surface area contributed by atoms with E-state index in [4.69, 9.17) is 0 Å². The zero-order valence-electron chi connectivity index (χ0n) is 22.3. The Morgan fingerprint density at radius 3 is 2.51 bits per heavy atom. The van der Waals surface area contributed by atoms with E-state index in [9.17, 15) is 19.5 Å². The molecule has 3 aromatic rings. The average Bonchev–Trinajstić information content (AvgIpc) is 2.92. The van der Waals surface area contributed by atoms with Crippen molar-refractivity contribution in [3.05, 3.63) is 70.0 Å². The zero-order valence-corrected chi connectivity index (χ0v) is 23.1. The van der Waals surface area contributed by atoms with Crippen molar-refractivity contribution in [2.24, 2.45) is 0 Å². The Kier molecular flexibility index (Phi) is 10.5. The first-order valence-corrected chi connectivity index (χ1v) is 13.4. The number of aliphatic carboxylic acids is 1. The summed E-state index contributed by atoms with van der Waals surface area (Å²) in [5.74, 6) is -2.58. The van der Waals surface area contributed by atoms with Crippen molar-refractivity contribution in [1.29, 1.82) is 0 Å². The lowest BCUT2D eigenvalue weighted by Gasteiger charge is -2.26. The Hall–Kier alpha value is -3.46. The van der Waals surface area contributed by atoms with Crippen LogP contribution in [0.4, 0.5) is 10.1 Å². The first-order chi connectivity index (χ1) is 18.3. The smallest absolute Gasteiger partial charge is 0.326 e. The molecule has 1 aliphatic carbocycles. The number of rotatable bonds is 10. The number of carbonyl (C=O) groups excluding carboxylic acids is 1. The van der Waals surface area contributed by atoms with Gasteiger partial charge in [-0.15, -0.1) is 12.4 Å². The van der Waals surface area contributed by atoms with Gasteiger partial charge in [-0.1, -0.05) is 39.2 Å². The van der Waals surface area contributed by atoms with Crippen LogP contribution < -0.4 is 16.1 Å². The van der Waals surface area contributed by atoms with E-state index in [1.165, 1.54) is 24.9 Å². The first-order valence-electron chi connectivity index (χ1n) is 13.4. The molecule has 1 aliphatic rings. The van der Waals surface area contributed by atoms with Crippen LogP contribution in [0, 0.1) is 5.82 Å². The second-order valence-electron chi connectivity index (χ2n) is 10.0. The molecule has 1 aromatic carbocycles. The number of nitrogens with zero attached hydrogens (tertiary/aromatic N) is 2. The lowest BCUT2D eigenvalue weighted by Crippen LogP contribution is -2.44. The number of aromatic nitrogens is 2. The fraction of sp³-hybridized carbons (Fsp3) is 0.448. The summed E-state index contributed by atoms with van der Waals surface area (Å²) in [6.07, 6.45) is 11.4. The average molecular weight is 559 g/mol. The van der Waals surface area contributed by atoms with E-state index < -0.39 is 29.2 Å². The summed E-state index contributed by atoms with van der Waals surface area (Å²) in [4.78, 5) is 42.6. The third-order valence-corrected chi connectivity index (χ3v) is 7.43. The van der Waals surface area contributed by atoms with E-state index in [-0.39, 0.29) is 41.9 Å². The van der Waals surface area contributed by atoms with Crippen LogP contribution in [0.15, 0.2) is 47.7 Å². The van der Waals surface area contributed by atoms with Gasteiger partial charge in [-0.05, 0) is 49.4 Å². The maximum atomic E-state index is 15.2. The second-order valence-corrected chi connectivity index (χ2v) is 10.0. The fourth-order valence-electron chi connectivity index (χ4n) is 5.28. The number of carbonyl (C=O) groups is 2. The van der Waals surface area contributed by atoms with Gasteiger partial charge in [0.2, 0.25) is 5.43 Å². The van der Waals surface area contributed by atoms with E-state index in [1.54, 1.807) is 24.4 Å². The molecule has 0 radical (unpaired) electrons. The van der Waals surface area contributed by atoms with Crippen molar-refractivity contribution in [2.75, 3.05) is 5.32 Å². The lowest BCUT2D eigenvalue weighted by atomic mass is 9.95. The van der Waals surface area contributed by atoms with Gasteiger partial charge in [-0.2, -0.15) is 0 Å². The summed E-state index contributed by atoms with van der Waals surface area (Å²) >= 11 is 0. The van der Waals surface area contributed by atoms with Crippen LogP contribution in [0.25, 0.3) is 10.9 Å². The number of anilines is 1. The van der Waals surface area contributed by atoms with Crippen LogP contribution in [-0.4, -0.2) is 38.6 Å². The standard InChI is InChI=1S/C29H35FN4O4.ClH/c1-3-20(4-2)34-17-22(28(36)33-25(29(37)38)13-18-9-8-12-31-16-18)27(35)21-14-23(30)24(15-26(21)34)32-19-10-6-5-7-11-19;/h8-9,12,14-17,19-20,25,32H,3-7,10-11,13H2,1-2H3,(H,33,36)(H,37,38);1H/t25-;/m1./s1. The molecular weight excluding hydrogens is 523 g/mol. The number of hydrogen-bond acceptors (Lipinski definition) is 5. The highest BCUT2D eigenvalue weighted by Crippen LogP contribution is 2.29. The maximum absolute atomic E-state index is 15.2. The SMILES string of the molecule is CCC(CC)n1cc(C(=O)N[C@H](Cc2cccnc2)C(=O)O)c(=O)c2cc(F)c(NC3CCCCC3)cc21.Cl. The van der Waals surface area contributed by atoms with Gasteiger partial charge in [-0.3, -0.25) is 14.6 Å². The van der Waals surface area contributed by atoms with Crippen LogP contribution in [0.3, 0.4) is 0 Å². The van der Waals surface area contributed by atoms with E-state index in [2.05, 4.69) is 15.6 Å². The number of amides is 1. The largest absolute Gasteiger partial charge is 0.480 e. The third kappa shape index (κ3) is 6.95. The van der Waals surface area contributed by atoms with Gasteiger partial charge in [0.05, 0.1) is 11.2 Å². The molecule has 210 valence electrons. The summed E-state index contributed by atoms with van der Waals surface area (Å²) in [6.45, 7) is 4.02. The molecule has 10 heteroatoms. The molecule has 2 heterocycles. The van der Waals surface area contributed by atoms with Crippen LogP contribution in [0.2, 0.25) is 0 Å². The topological polar surface area (TPSA) is 113 Å². The molecule has 2 aromatic heterocycles. The molecule has 3 N–H and O–H groups in total. The summed E-state index contributed by atoms with van der Waals surface area (Å²) in [7, 11) is 0. The molecule has 1 fully saturated rings. The van der Waals surface area contributed by atoms with Gasteiger partial charge < -0.3 is 20.3 Å². The Labute approximate surface area is 233 Å². The minimum atomic E-state index is -1.26. The fourth-order valence-corrected chi connectivity index (χ4v) is 5.28. The van der Waals surface area contributed by atoms with Gasteiger partial charge in [0, 0.05) is 42.5 Å². The predicted molar refractivity (Wildman–Crippen MR) is 152 cm³/mol. The number of hydrogen-bond donors (Lipinski definition) is 3. The van der Waals surface area contributed by atoms with E-state index in [0.29, 0.717) is 16.8 Å². The Bertz CT molecular complexity index is 1350. The monoisotopic (exact) mass is 558 g/mol. The minimum absolute atomic E-state index is 0. The zero-order chi connectivity index (χ0) is 27.2. The van der Waals surface area contributed by atoms with Gasteiger partial charge in [0.1, 0.15) is 17.4 Å². The summed E-state index contributed by atoms with van der Waals surface area (Å²) < 4.78 is 17.1. The van der Waals surface area contributed by atoms with Crippen molar-refractivity contribution >= 4 is 40.9 Å². The number of pyridine rings is 2. The Morgan fingerprint density at radius 2 is 1.90 bits per heavy atom. The quantitative estimate of drug-likeness (QED) is 0.303. The highest BCUT2D eigenvalue weighted by atomic mass is 35.5. The number of benzene rings is 1. The number of fused-ring (bicyclic) bond motifs is 1. The number of carboxylic acid groups (broad SMARTS) is 1. The van der Waals surface area contributed by atoms with Crippen molar-refractivity contribution in [1.82, 2.24) is 14.9 Å².